The van der Waals surface area contributed by atoms with Crippen LogP contribution in [0.2, 0.25) is 5.02 Å². The van der Waals surface area contributed by atoms with Gasteiger partial charge in [-0.1, -0.05) is 50.6 Å². The van der Waals surface area contributed by atoms with Gasteiger partial charge in [-0.2, -0.15) is 0 Å². The maximum Gasteiger partial charge on any atom is 0.258 e. The molecule has 0 atom stereocenters. The third-order valence-electron chi connectivity index (χ3n) is 6.00. The zero-order valence-corrected chi connectivity index (χ0v) is 18.8. The van der Waals surface area contributed by atoms with Crippen LogP contribution in [0.3, 0.4) is 0 Å². The summed E-state index contributed by atoms with van der Waals surface area (Å²) in [4.78, 5) is 20.2. The summed E-state index contributed by atoms with van der Waals surface area (Å²) in [5.74, 6) is 0.475. The third kappa shape index (κ3) is 3.96. The molecule has 4 heteroatoms. The molecule has 0 saturated heterocycles. The van der Waals surface area contributed by atoms with Crippen molar-refractivity contribution in [2.75, 3.05) is 11.4 Å². The fourth-order valence-electron chi connectivity index (χ4n) is 4.27. The van der Waals surface area contributed by atoms with Crippen molar-refractivity contribution in [2.45, 2.75) is 58.8 Å². The van der Waals surface area contributed by atoms with Crippen molar-refractivity contribution in [3.8, 4) is 0 Å². The summed E-state index contributed by atoms with van der Waals surface area (Å²) >= 11 is 6.70. The Hall–Kier alpha value is -2.39. The Morgan fingerprint density at radius 1 is 1.10 bits per heavy atom. The van der Waals surface area contributed by atoms with Crippen molar-refractivity contribution in [3.05, 3.63) is 69.9 Å². The number of hydrogen-bond acceptors (Lipinski definition) is 2. The topological polar surface area (TPSA) is 33.2 Å². The van der Waals surface area contributed by atoms with E-state index in [1.165, 1.54) is 11.1 Å². The number of carbonyl (C=O) groups excluding carboxylic acids is 1. The van der Waals surface area contributed by atoms with Crippen molar-refractivity contribution < 1.29 is 4.79 Å². The highest BCUT2D eigenvalue weighted by molar-refractivity contribution is 6.36. The molecule has 0 aliphatic heterocycles. The first-order valence-electron chi connectivity index (χ1n) is 11.0. The predicted molar refractivity (Wildman–Crippen MR) is 126 cm³/mol. The number of halogens is 1. The Morgan fingerprint density at radius 2 is 1.83 bits per heavy atom. The Balaban J connectivity index is 1.70. The van der Waals surface area contributed by atoms with Crippen LogP contribution >= 0.6 is 11.6 Å². The molecule has 0 spiro atoms. The molecular weight excluding hydrogens is 392 g/mol. The summed E-state index contributed by atoms with van der Waals surface area (Å²) in [7, 11) is 0. The molecule has 30 heavy (non-hydrogen) atoms. The fourth-order valence-corrected chi connectivity index (χ4v) is 4.63. The lowest BCUT2D eigenvalue weighted by Gasteiger charge is -2.23. The number of carbonyl (C=O) groups is 1. The number of anilines is 1. The van der Waals surface area contributed by atoms with Gasteiger partial charge in [0, 0.05) is 28.9 Å². The van der Waals surface area contributed by atoms with Crippen LogP contribution in [0.4, 0.5) is 5.69 Å². The first kappa shape index (κ1) is 20.9. The normalized spacial score (nSPS) is 13.5. The monoisotopic (exact) mass is 420 g/mol. The van der Waals surface area contributed by atoms with Gasteiger partial charge >= 0.3 is 0 Å². The van der Waals surface area contributed by atoms with Crippen molar-refractivity contribution >= 4 is 34.1 Å². The molecule has 0 radical (unpaired) electrons. The molecule has 1 aliphatic rings. The van der Waals surface area contributed by atoms with Crippen LogP contribution in [0.1, 0.15) is 73.1 Å². The summed E-state index contributed by atoms with van der Waals surface area (Å²) in [5.41, 5.74) is 5.96. The van der Waals surface area contributed by atoms with Gasteiger partial charge in [-0.05, 0) is 73.4 Å². The lowest BCUT2D eigenvalue weighted by molar-refractivity contribution is 0.0987. The number of rotatable bonds is 5. The number of amides is 1. The average molecular weight is 421 g/mol. The number of nitrogens with zero attached hydrogens (tertiary/aromatic N) is 2. The number of benzene rings is 2. The SMILES string of the molecule is CCCN(C(=O)c1ccc2c(Cl)c3c(nc2c1)CCCC3)c1ccc(C(C)C)cc1. The summed E-state index contributed by atoms with van der Waals surface area (Å²) < 4.78 is 0. The Bertz CT molecular complexity index is 1070. The minimum Gasteiger partial charge on any atom is -0.308 e. The molecule has 156 valence electrons. The number of aryl methyl sites for hydroxylation is 1. The van der Waals surface area contributed by atoms with Gasteiger partial charge in [0.25, 0.3) is 5.91 Å². The molecule has 3 aromatic rings. The van der Waals surface area contributed by atoms with E-state index < -0.39 is 0 Å². The fraction of sp³-hybridized carbons (Fsp3) is 0.385. The van der Waals surface area contributed by atoms with E-state index in [4.69, 9.17) is 16.6 Å². The quantitative estimate of drug-likeness (QED) is 0.447. The summed E-state index contributed by atoms with van der Waals surface area (Å²) in [6.45, 7) is 7.12. The van der Waals surface area contributed by atoms with Gasteiger partial charge in [-0.3, -0.25) is 9.78 Å². The zero-order valence-electron chi connectivity index (χ0n) is 18.0. The Kier molecular flexibility index (Phi) is 6.10. The molecule has 2 aromatic carbocycles. The highest BCUT2D eigenvalue weighted by atomic mass is 35.5. The number of pyridine rings is 1. The van der Waals surface area contributed by atoms with Crippen molar-refractivity contribution in [1.29, 1.82) is 0 Å². The van der Waals surface area contributed by atoms with E-state index in [0.29, 0.717) is 18.0 Å². The lowest BCUT2D eigenvalue weighted by atomic mass is 9.94. The van der Waals surface area contributed by atoms with E-state index in [-0.39, 0.29) is 5.91 Å². The Labute approximate surface area is 184 Å². The second kappa shape index (κ2) is 8.77. The van der Waals surface area contributed by atoms with E-state index in [2.05, 4.69) is 45.0 Å². The van der Waals surface area contributed by atoms with E-state index in [9.17, 15) is 4.79 Å². The molecule has 0 bridgehead atoms. The molecule has 0 fully saturated rings. The van der Waals surface area contributed by atoms with Gasteiger partial charge in [0.2, 0.25) is 0 Å². The number of fused-ring (bicyclic) bond motifs is 2. The summed E-state index contributed by atoms with van der Waals surface area (Å²) in [6.07, 6.45) is 5.17. The molecule has 1 heterocycles. The predicted octanol–water partition coefficient (Wildman–Crippen LogP) is 6.95. The molecule has 1 aliphatic carbocycles. The second-order valence-corrected chi connectivity index (χ2v) is 8.87. The highest BCUT2D eigenvalue weighted by Crippen LogP contribution is 2.33. The van der Waals surface area contributed by atoms with Gasteiger partial charge in [-0.25, -0.2) is 0 Å². The minimum absolute atomic E-state index is 0.00619. The van der Waals surface area contributed by atoms with Crippen LogP contribution in [0, 0.1) is 0 Å². The van der Waals surface area contributed by atoms with Gasteiger partial charge in [0.15, 0.2) is 0 Å². The van der Waals surface area contributed by atoms with Crippen molar-refractivity contribution in [1.82, 2.24) is 4.98 Å². The molecule has 3 nitrogen and oxygen atoms in total. The third-order valence-corrected chi connectivity index (χ3v) is 6.44. The molecule has 0 saturated carbocycles. The molecule has 0 N–H and O–H groups in total. The lowest BCUT2D eigenvalue weighted by Crippen LogP contribution is -2.31. The van der Waals surface area contributed by atoms with Gasteiger partial charge in [0.1, 0.15) is 0 Å². The van der Waals surface area contributed by atoms with Gasteiger partial charge in [0.05, 0.1) is 10.5 Å². The number of hydrogen-bond donors (Lipinski definition) is 0. The van der Waals surface area contributed by atoms with Crippen LogP contribution < -0.4 is 4.90 Å². The van der Waals surface area contributed by atoms with Crippen LogP contribution in [0.25, 0.3) is 10.9 Å². The van der Waals surface area contributed by atoms with E-state index in [0.717, 1.165) is 59.4 Å². The first-order valence-corrected chi connectivity index (χ1v) is 11.4. The highest BCUT2D eigenvalue weighted by Gasteiger charge is 2.21. The maximum atomic E-state index is 13.4. The summed E-state index contributed by atoms with van der Waals surface area (Å²) in [5, 5.41) is 1.75. The smallest absolute Gasteiger partial charge is 0.258 e. The average Bonchev–Trinajstić information content (AvgIpc) is 2.77. The minimum atomic E-state index is 0.00619. The van der Waals surface area contributed by atoms with Crippen LogP contribution in [-0.4, -0.2) is 17.4 Å². The molecule has 1 amide bonds. The van der Waals surface area contributed by atoms with E-state index in [1.54, 1.807) is 0 Å². The molecule has 1 aromatic heterocycles. The number of aromatic nitrogens is 1. The Morgan fingerprint density at radius 3 is 2.53 bits per heavy atom. The first-order chi connectivity index (χ1) is 14.5. The van der Waals surface area contributed by atoms with Crippen LogP contribution in [-0.2, 0) is 12.8 Å². The summed E-state index contributed by atoms with van der Waals surface area (Å²) in [6, 6.07) is 14.1. The van der Waals surface area contributed by atoms with E-state index >= 15 is 0 Å². The largest absolute Gasteiger partial charge is 0.308 e. The zero-order chi connectivity index (χ0) is 21.3. The molecule has 0 unspecified atom stereocenters. The van der Waals surface area contributed by atoms with Crippen LogP contribution in [0.5, 0.6) is 0 Å². The van der Waals surface area contributed by atoms with Crippen molar-refractivity contribution in [2.24, 2.45) is 0 Å². The van der Waals surface area contributed by atoms with Gasteiger partial charge in [-0.15, -0.1) is 0 Å². The molecule has 4 rings (SSSR count). The standard InChI is InChI=1S/C26H29ClN2O/c1-4-15-29(20-12-9-18(10-13-20)17(2)3)26(30)19-11-14-22-24(16-19)28-23-8-6-5-7-21(23)25(22)27/h9-14,16-17H,4-8,15H2,1-3H3. The second-order valence-electron chi connectivity index (χ2n) is 8.49. The van der Waals surface area contributed by atoms with E-state index in [1.807, 2.05) is 23.1 Å². The van der Waals surface area contributed by atoms with Crippen LogP contribution in [0.15, 0.2) is 42.5 Å². The maximum absolute atomic E-state index is 13.4. The van der Waals surface area contributed by atoms with Gasteiger partial charge < -0.3 is 4.90 Å². The molecular formula is C26H29ClN2O. The van der Waals surface area contributed by atoms with Crippen molar-refractivity contribution in [3.63, 3.8) is 0 Å².